The Balaban J connectivity index is 0.000000186. The number of pyridine rings is 2. The largest absolute Gasteiger partial charge is 0.744 e. The van der Waals surface area contributed by atoms with Crippen molar-refractivity contribution >= 4 is 21.7 Å². The molecule has 1 aromatic carbocycles. The quantitative estimate of drug-likeness (QED) is 0.520. The van der Waals surface area contributed by atoms with Crippen molar-refractivity contribution in [1.82, 2.24) is 4.98 Å². The summed E-state index contributed by atoms with van der Waals surface area (Å²) in [7, 11) is -4.27. The van der Waals surface area contributed by atoms with Crippen LogP contribution >= 0.6 is 11.6 Å². The van der Waals surface area contributed by atoms with Crippen LogP contribution in [0.4, 0.5) is 0 Å². The van der Waals surface area contributed by atoms with Gasteiger partial charge in [-0.1, -0.05) is 35.4 Å². The predicted octanol–water partition coefficient (Wildman–Crippen LogP) is 2.97. The first-order chi connectivity index (χ1) is 11.8. The second-order valence-electron chi connectivity index (χ2n) is 5.28. The SMILES string of the molecule is Cc1ccc(S(=O)(=O)[O-])cc1.Clc1cc[n+](Cc2ccccn2)cc1. The lowest BCUT2D eigenvalue weighted by molar-refractivity contribution is -0.688. The molecule has 130 valence electrons. The van der Waals surface area contributed by atoms with Crippen LogP contribution in [0.15, 0.2) is 78.1 Å². The summed E-state index contributed by atoms with van der Waals surface area (Å²) < 4.78 is 33.2. The van der Waals surface area contributed by atoms with Crippen LogP contribution in [0.1, 0.15) is 11.3 Å². The molecule has 0 aliphatic rings. The normalized spacial score (nSPS) is 10.7. The van der Waals surface area contributed by atoms with Gasteiger partial charge in [-0.05, 0) is 31.2 Å². The number of hydrogen-bond donors (Lipinski definition) is 0. The van der Waals surface area contributed by atoms with Gasteiger partial charge < -0.3 is 4.55 Å². The van der Waals surface area contributed by atoms with E-state index < -0.39 is 10.1 Å². The second-order valence-corrected chi connectivity index (χ2v) is 7.09. The number of nitrogens with zero attached hydrogens (tertiary/aromatic N) is 2. The zero-order chi connectivity index (χ0) is 18.3. The highest BCUT2D eigenvalue weighted by Crippen LogP contribution is 2.08. The van der Waals surface area contributed by atoms with Gasteiger partial charge in [0.15, 0.2) is 18.9 Å². The first-order valence-corrected chi connectivity index (χ1v) is 9.20. The van der Waals surface area contributed by atoms with E-state index in [-0.39, 0.29) is 4.90 Å². The van der Waals surface area contributed by atoms with E-state index >= 15 is 0 Å². The molecule has 0 radical (unpaired) electrons. The summed E-state index contributed by atoms with van der Waals surface area (Å²) in [5, 5.41) is 0.752. The van der Waals surface area contributed by atoms with E-state index in [4.69, 9.17) is 11.6 Å². The van der Waals surface area contributed by atoms with E-state index in [2.05, 4.69) is 4.98 Å². The maximum Gasteiger partial charge on any atom is 0.190 e. The molecule has 2 aromatic heterocycles. The van der Waals surface area contributed by atoms with Crippen LogP contribution < -0.4 is 4.57 Å². The molecule has 0 unspecified atom stereocenters. The predicted molar refractivity (Wildman–Crippen MR) is 94.1 cm³/mol. The minimum absolute atomic E-state index is 0.178. The molecule has 7 heteroatoms. The molecule has 0 saturated heterocycles. The summed E-state index contributed by atoms with van der Waals surface area (Å²) in [6.07, 6.45) is 5.68. The molecule has 0 aliphatic carbocycles. The van der Waals surface area contributed by atoms with E-state index in [9.17, 15) is 13.0 Å². The first-order valence-electron chi connectivity index (χ1n) is 7.42. The molecule has 2 heterocycles. The van der Waals surface area contributed by atoms with E-state index in [1.165, 1.54) is 12.1 Å². The summed E-state index contributed by atoms with van der Waals surface area (Å²) in [4.78, 5) is 4.06. The third kappa shape index (κ3) is 6.62. The molecule has 25 heavy (non-hydrogen) atoms. The molecular formula is C18H17ClN2O3S. The van der Waals surface area contributed by atoms with Crippen LogP contribution in [0.5, 0.6) is 0 Å². The lowest BCUT2D eigenvalue weighted by atomic mass is 10.2. The molecule has 0 spiro atoms. The molecule has 3 rings (SSSR count). The van der Waals surface area contributed by atoms with E-state index in [0.717, 1.165) is 22.8 Å². The summed E-state index contributed by atoms with van der Waals surface area (Å²) in [5.74, 6) is 0. The number of aryl methyl sites for hydroxylation is 1. The third-order valence-corrected chi connectivity index (χ3v) is 4.33. The molecule has 0 fully saturated rings. The van der Waals surface area contributed by atoms with Crippen LogP contribution in [0, 0.1) is 6.92 Å². The van der Waals surface area contributed by atoms with Crippen LogP contribution in [0.2, 0.25) is 5.02 Å². The highest BCUT2D eigenvalue weighted by atomic mass is 35.5. The molecule has 0 aliphatic heterocycles. The van der Waals surface area contributed by atoms with Crippen molar-refractivity contribution in [3.05, 3.63) is 89.5 Å². The minimum atomic E-state index is -4.27. The maximum atomic E-state index is 10.4. The fourth-order valence-electron chi connectivity index (χ4n) is 1.93. The van der Waals surface area contributed by atoms with Gasteiger partial charge in [-0.25, -0.2) is 8.42 Å². The molecule has 0 atom stereocenters. The lowest BCUT2D eigenvalue weighted by Gasteiger charge is -2.05. The van der Waals surface area contributed by atoms with Crippen LogP contribution in [0.3, 0.4) is 0 Å². The van der Waals surface area contributed by atoms with Crippen LogP contribution in [0.25, 0.3) is 0 Å². The summed E-state index contributed by atoms with van der Waals surface area (Å²) >= 11 is 5.79. The number of rotatable bonds is 3. The molecule has 0 N–H and O–H groups in total. The second kappa shape index (κ2) is 8.71. The standard InChI is InChI=1S/C11H10ClN2.C7H8O3S/c12-10-4-7-14(8-5-10)9-11-3-1-2-6-13-11;1-6-2-4-7(5-3-6)11(8,9)10/h1-8H,9H2;2-5H,1H3,(H,8,9,10)/q+1;/p-1. The monoisotopic (exact) mass is 376 g/mol. The van der Waals surface area contributed by atoms with E-state index in [1.807, 2.05) is 54.2 Å². The van der Waals surface area contributed by atoms with Gasteiger partial charge in [-0.3, -0.25) is 4.98 Å². The summed E-state index contributed by atoms with van der Waals surface area (Å²) in [6.45, 7) is 2.60. The summed E-state index contributed by atoms with van der Waals surface area (Å²) in [5.41, 5.74) is 1.97. The third-order valence-electron chi connectivity index (χ3n) is 3.23. The zero-order valence-corrected chi connectivity index (χ0v) is 15.1. The zero-order valence-electron chi connectivity index (χ0n) is 13.5. The topological polar surface area (TPSA) is 74.0 Å². The average molecular weight is 377 g/mol. The fraction of sp³-hybridized carbons (Fsp3) is 0.111. The van der Waals surface area contributed by atoms with Crippen molar-refractivity contribution in [1.29, 1.82) is 0 Å². The van der Waals surface area contributed by atoms with Crippen molar-refractivity contribution in [2.45, 2.75) is 18.4 Å². The number of aromatic nitrogens is 2. The van der Waals surface area contributed by atoms with Crippen molar-refractivity contribution in [2.75, 3.05) is 0 Å². The van der Waals surface area contributed by atoms with Gasteiger partial charge in [0.25, 0.3) is 0 Å². The van der Waals surface area contributed by atoms with Crippen LogP contribution in [-0.2, 0) is 16.7 Å². The Labute approximate surface area is 152 Å². The van der Waals surface area contributed by atoms with Gasteiger partial charge in [0.05, 0.1) is 9.92 Å². The molecular weight excluding hydrogens is 360 g/mol. The highest BCUT2D eigenvalue weighted by molar-refractivity contribution is 7.85. The number of hydrogen-bond acceptors (Lipinski definition) is 4. The van der Waals surface area contributed by atoms with Crippen molar-refractivity contribution in [3.63, 3.8) is 0 Å². The Bertz CT molecular complexity index is 897. The Morgan fingerprint density at radius 2 is 1.68 bits per heavy atom. The van der Waals surface area contributed by atoms with Crippen LogP contribution in [-0.4, -0.2) is 18.0 Å². The average Bonchev–Trinajstić information content (AvgIpc) is 2.58. The highest BCUT2D eigenvalue weighted by Gasteiger charge is 2.02. The molecule has 0 saturated carbocycles. The van der Waals surface area contributed by atoms with E-state index in [1.54, 1.807) is 18.3 Å². The fourth-order valence-corrected chi connectivity index (χ4v) is 2.51. The molecule has 0 amide bonds. The number of benzene rings is 1. The molecule has 0 bridgehead atoms. The molecule has 5 nitrogen and oxygen atoms in total. The Hall–Kier alpha value is -2.28. The van der Waals surface area contributed by atoms with E-state index in [0.29, 0.717) is 0 Å². The Kier molecular flexibility index (Phi) is 6.64. The van der Waals surface area contributed by atoms with Gasteiger partial charge in [0, 0.05) is 18.3 Å². The van der Waals surface area contributed by atoms with Gasteiger partial charge >= 0.3 is 0 Å². The van der Waals surface area contributed by atoms with Crippen molar-refractivity contribution in [2.24, 2.45) is 0 Å². The lowest BCUT2D eigenvalue weighted by Crippen LogP contribution is -2.33. The van der Waals surface area contributed by atoms with Gasteiger partial charge in [0.1, 0.15) is 15.8 Å². The maximum absolute atomic E-state index is 10.4. The smallest absolute Gasteiger partial charge is 0.190 e. The van der Waals surface area contributed by atoms with Crippen molar-refractivity contribution in [3.8, 4) is 0 Å². The van der Waals surface area contributed by atoms with Gasteiger partial charge in [-0.15, -0.1) is 0 Å². The number of halogens is 1. The minimum Gasteiger partial charge on any atom is -0.744 e. The summed E-state index contributed by atoms with van der Waals surface area (Å²) in [6, 6.07) is 15.4. The van der Waals surface area contributed by atoms with Crippen molar-refractivity contribution < 1.29 is 17.5 Å². The Morgan fingerprint density at radius 3 is 2.20 bits per heavy atom. The van der Waals surface area contributed by atoms with Gasteiger partial charge in [-0.2, -0.15) is 4.57 Å². The first kappa shape index (κ1) is 19.1. The molecule has 3 aromatic rings. The van der Waals surface area contributed by atoms with Gasteiger partial charge in [0.2, 0.25) is 0 Å². The Morgan fingerprint density at radius 1 is 1.04 bits per heavy atom.